The first kappa shape index (κ1) is 21.1. The van der Waals surface area contributed by atoms with Crippen LogP contribution in [0.1, 0.15) is 11.3 Å². The number of hydrogen-bond donors (Lipinski definition) is 1. The number of hydrogen-bond acceptors (Lipinski definition) is 6. The van der Waals surface area contributed by atoms with Crippen molar-refractivity contribution in [1.82, 2.24) is 19.4 Å². The number of aryl methyl sites for hydroxylation is 1. The van der Waals surface area contributed by atoms with Crippen LogP contribution in [0.15, 0.2) is 88.8 Å². The zero-order valence-corrected chi connectivity index (χ0v) is 18.6. The summed E-state index contributed by atoms with van der Waals surface area (Å²) < 4.78 is 7.92. The van der Waals surface area contributed by atoms with Crippen LogP contribution in [0.3, 0.4) is 0 Å². The van der Waals surface area contributed by atoms with Gasteiger partial charge in [-0.05, 0) is 55.5 Å². The lowest BCUT2D eigenvalue weighted by atomic mass is 10.2. The summed E-state index contributed by atoms with van der Waals surface area (Å²) in [5, 5.41) is 20.1. The van der Waals surface area contributed by atoms with Crippen LogP contribution in [0.25, 0.3) is 28.0 Å². The van der Waals surface area contributed by atoms with Gasteiger partial charge in [0, 0.05) is 5.56 Å². The van der Waals surface area contributed by atoms with E-state index in [1.54, 1.807) is 44.4 Å². The quantitative estimate of drug-likeness (QED) is 0.405. The molecule has 0 saturated carbocycles. The number of para-hydroxylation sites is 2. The Kier molecular flexibility index (Phi) is 5.39. The van der Waals surface area contributed by atoms with E-state index in [9.17, 15) is 9.90 Å². The summed E-state index contributed by atoms with van der Waals surface area (Å²) in [4.78, 5) is 18.1. The minimum absolute atomic E-state index is 0.0692. The molecule has 0 saturated heterocycles. The highest BCUT2D eigenvalue weighted by Gasteiger charge is 2.16. The third-order valence-electron chi connectivity index (χ3n) is 5.49. The number of benzene rings is 3. The van der Waals surface area contributed by atoms with Gasteiger partial charge in [-0.25, -0.2) is 9.67 Å². The number of aromatic hydroxyl groups is 1. The molecule has 5 aromatic rings. The molecule has 0 aliphatic rings. The fourth-order valence-corrected chi connectivity index (χ4v) is 3.70. The molecule has 8 heteroatoms. The first-order valence-corrected chi connectivity index (χ1v) is 10.6. The molecule has 5 rings (SSSR count). The maximum atomic E-state index is 13.4. The van der Waals surface area contributed by atoms with Crippen molar-refractivity contribution in [2.24, 2.45) is 5.10 Å². The second-order valence-electron chi connectivity index (χ2n) is 7.61. The van der Waals surface area contributed by atoms with E-state index in [0.717, 1.165) is 0 Å². The van der Waals surface area contributed by atoms with E-state index >= 15 is 0 Å². The maximum Gasteiger partial charge on any atom is 0.282 e. The number of nitrogens with zero attached hydrogens (tertiary/aromatic N) is 5. The molecule has 0 atom stereocenters. The maximum absolute atomic E-state index is 13.4. The predicted molar refractivity (Wildman–Crippen MR) is 131 cm³/mol. The highest BCUT2D eigenvalue weighted by molar-refractivity contribution is 5.85. The summed E-state index contributed by atoms with van der Waals surface area (Å²) in [6, 6.07) is 23.6. The monoisotopic (exact) mass is 451 g/mol. The van der Waals surface area contributed by atoms with E-state index in [4.69, 9.17) is 9.72 Å². The highest BCUT2D eigenvalue weighted by Crippen LogP contribution is 2.24. The van der Waals surface area contributed by atoms with Crippen LogP contribution in [0.2, 0.25) is 0 Å². The smallest absolute Gasteiger partial charge is 0.282 e. The Balaban J connectivity index is 1.66. The second kappa shape index (κ2) is 8.67. The van der Waals surface area contributed by atoms with E-state index in [2.05, 4.69) is 10.2 Å². The SMILES string of the molecule is COc1ccc(-c2nc3ccccc3c(=O)n2N=Cc2c(C)nn(-c3ccccc3)c2O)cc1. The lowest BCUT2D eigenvalue weighted by Gasteiger charge is -2.10. The molecule has 1 N–H and O–H groups in total. The highest BCUT2D eigenvalue weighted by atomic mass is 16.5. The summed E-state index contributed by atoms with van der Waals surface area (Å²) in [5.74, 6) is 0.992. The van der Waals surface area contributed by atoms with Gasteiger partial charge in [0.15, 0.2) is 5.82 Å². The van der Waals surface area contributed by atoms with Gasteiger partial charge in [-0.15, -0.1) is 0 Å². The molecule has 8 nitrogen and oxygen atoms in total. The molecule has 168 valence electrons. The van der Waals surface area contributed by atoms with Crippen molar-refractivity contribution >= 4 is 17.1 Å². The van der Waals surface area contributed by atoms with Gasteiger partial charge in [0.1, 0.15) is 5.75 Å². The predicted octanol–water partition coefficient (Wildman–Crippen LogP) is 4.15. The summed E-state index contributed by atoms with van der Waals surface area (Å²) in [6.07, 6.45) is 1.43. The van der Waals surface area contributed by atoms with E-state index in [1.807, 2.05) is 48.5 Å². The Morgan fingerprint density at radius 2 is 1.68 bits per heavy atom. The lowest BCUT2D eigenvalue weighted by Crippen LogP contribution is -2.20. The van der Waals surface area contributed by atoms with Gasteiger partial charge in [-0.2, -0.15) is 14.9 Å². The van der Waals surface area contributed by atoms with Crippen molar-refractivity contribution in [2.75, 3.05) is 7.11 Å². The Labute approximate surface area is 195 Å². The Hall–Kier alpha value is -4.72. The van der Waals surface area contributed by atoms with Gasteiger partial charge in [0.2, 0.25) is 5.88 Å². The van der Waals surface area contributed by atoms with Gasteiger partial charge in [-0.3, -0.25) is 4.79 Å². The molecule has 0 radical (unpaired) electrons. The zero-order valence-electron chi connectivity index (χ0n) is 18.6. The van der Waals surface area contributed by atoms with Crippen LogP contribution in [-0.4, -0.2) is 37.9 Å². The standard InChI is InChI=1S/C26H21N5O3/c1-17-22(26(33)30(29-17)19-8-4-3-5-9-19)16-27-31-24(18-12-14-20(34-2)15-13-18)28-23-11-7-6-10-21(23)25(31)32/h3-16,33H,1-2H3. The molecular weight excluding hydrogens is 430 g/mol. The van der Waals surface area contributed by atoms with Gasteiger partial charge in [0.05, 0.1) is 41.2 Å². The van der Waals surface area contributed by atoms with Gasteiger partial charge < -0.3 is 9.84 Å². The topological polar surface area (TPSA) is 94.5 Å². The molecule has 34 heavy (non-hydrogen) atoms. The molecule has 0 aliphatic heterocycles. The molecule has 0 bridgehead atoms. The minimum atomic E-state index is -0.319. The van der Waals surface area contributed by atoms with E-state index in [0.29, 0.717) is 45.0 Å². The van der Waals surface area contributed by atoms with E-state index in [-0.39, 0.29) is 11.4 Å². The fraction of sp³-hybridized carbons (Fsp3) is 0.0769. The van der Waals surface area contributed by atoms with Crippen LogP contribution in [0.4, 0.5) is 0 Å². The number of ether oxygens (including phenoxy) is 1. The van der Waals surface area contributed by atoms with Gasteiger partial charge in [0.25, 0.3) is 5.56 Å². The van der Waals surface area contributed by atoms with Crippen molar-refractivity contribution in [3.05, 3.63) is 100 Å². The fourth-order valence-electron chi connectivity index (χ4n) is 3.70. The summed E-state index contributed by atoms with van der Waals surface area (Å²) >= 11 is 0. The molecule has 0 amide bonds. The average molecular weight is 451 g/mol. The molecule has 0 spiro atoms. The van der Waals surface area contributed by atoms with Crippen molar-refractivity contribution < 1.29 is 9.84 Å². The molecule has 0 unspecified atom stereocenters. The molecule has 3 aromatic carbocycles. The van der Waals surface area contributed by atoms with Gasteiger partial charge in [-0.1, -0.05) is 30.3 Å². The number of fused-ring (bicyclic) bond motifs is 1. The summed E-state index contributed by atoms with van der Waals surface area (Å²) in [6.45, 7) is 1.77. The van der Waals surface area contributed by atoms with E-state index in [1.165, 1.54) is 15.6 Å². The third-order valence-corrected chi connectivity index (χ3v) is 5.49. The van der Waals surface area contributed by atoms with E-state index < -0.39 is 0 Å². The average Bonchev–Trinajstić information content (AvgIpc) is 3.17. The van der Waals surface area contributed by atoms with Crippen LogP contribution in [0, 0.1) is 6.92 Å². The minimum Gasteiger partial charge on any atom is -0.497 e. The Morgan fingerprint density at radius 3 is 2.41 bits per heavy atom. The first-order chi connectivity index (χ1) is 16.6. The number of rotatable bonds is 5. The molecular formula is C26H21N5O3. The third kappa shape index (κ3) is 3.71. The van der Waals surface area contributed by atoms with Crippen molar-refractivity contribution in [1.29, 1.82) is 0 Å². The zero-order chi connectivity index (χ0) is 23.7. The normalized spacial score (nSPS) is 11.4. The summed E-state index contributed by atoms with van der Waals surface area (Å²) in [5.41, 5.74) is 2.64. The molecule has 0 aliphatic carbocycles. The van der Waals surface area contributed by atoms with Crippen molar-refractivity contribution in [3.63, 3.8) is 0 Å². The second-order valence-corrected chi connectivity index (χ2v) is 7.61. The van der Waals surface area contributed by atoms with Crippen LogP contribution < -0.4 is 10.3 Å². The van der Waals surface area contributed by atoms with Crippen molar-refractivity contribution in [3.8, 4) is 28.7 Å². The van der Waals surface area contributed by atoms with Gasteiger partial charge >= 0.3 is 0 Å². The number of methoxy groups -OCH3 is 1. The molecule has 0 fully saturated rings. The number of aromatic nitrogens is 4. The largest absolute Gasteiger partial charge is 0.497 e. The van der Waals surface area contributed by atoms with Crippen LogP contribution in [-0.2, 0) is 0 Å². The molecule has 2 heterocycles. The van der Waals surface area contributed by atoms with Crippen LogP contribution in [0.5, 0.6) is 11.6 Å². The Bertz CT molecular complexity index is 1570. The Morgan fingerprint density at radius 1 is 0.971 bits per heavy atom. The van der Waals surface area contributed by atoms with Crippen LogP contribution >= 0.6 is 0 Å². The van der Waals surface area contributed by atoms with Crippen molar-refractivity contribution in [2.45, 2.75) is 6.92 Å². The molecule has 2 aromatic heterocycles. The first-order valence-electron chi connectivity index (χ1n) is 10.6. The lowest BCUT2D eigenvalue weighted by molar-refractivity contribution is 0.415. The summed E-state index contributed by atoms with van der Waals surface area (Å²) in [7, 11) is 1.59.